The molecular formula is C22H24ClN5O3S. The lowest BCUT2D eigenvalue weighted by molar-refractivity contribution is -0.113. The second-order valence-corrected chi connectivity index (χ2v) is 8.23. The van der Waals surface area contributed by atoms with Crippen molar-refractivity contribution in [3.63, 3.8) is 0 Å². The summed E-state index contributed by atoms with van der Waals surface area (Å²) in [6, 6.07) is 12.2. The van der Waals surface area contributed by atoms with Gasteiger partial charge < -0.3 is 19.9 Å². The summed E-state index contributed by atoms with van der Waals surface area (Å²) >= 11 is 7.29. The molecule has 0 aliphatic carbocycles. The van der Waals surface area contributed by atoms with E-state index in [0.717, 1.165) is 5.56 Å². The van der Waals surface area contributed by atoms with Crippen molar-refractivity contribution in [2.45, 2.75) is 32.1 Å². The van der Waals surface area contributed by atoms with Gasteiger partial charge in [0.15, 0.2) is 11.0 Å². The number of hydrogen-bond donors (Lipinski definition) is 2. The van der Waals surface area contributed by atoms with E-state index in [0.29, 0.717) is 39.5 Å². The van der Waals surface area contributed by atoms with Gasteiger partial charge in [0.25, 0.3) is 5.91 Å². The number of hydrogen-bond acceptors (Lipinski definition) is 6. The average Bonchev–Trinajstić information content (AvgIpc) is 3.20. The minimum absolute atomic E-state index is 0.166. The first-order valence-corrected chi connectivity index (χ1v) is 11.3. The highest BCUT2D eigenvalue weighted by molar-refractivity contribution is 7.99. The first-order valence-electron chi connectivity index (χ1n) is 9.94. The van der Waals surface area contributed by atoms with Gasteiger partial charge in [-0.1, -0.05) is 29.4 Å². The Balaban J connectivity index is 1.57. The SMILES string of the molecule is CCn1c(CNC(=O)c2ccc(OC)cc2)nnc1SCC(=O)Nc1cc(Cl)ccc1C. The topological polar surface area (TPSA) is 98.1 Å². The Morgan fingerprint density at radius 1 is 1.16 bits per heavy atom. The molecule has 0 bridgehead atoms. The van der Waals surface area contributed by atoms with Gasteiger partial charge >= 0.3 is 0 Å². The second kappa shape index (κ2) is 11.0. The summed E-state index contributed by atoms with van der Waals surface area (Å²) in [6.07, 6.45) is 0. The summed E-state index contributed by atoms with van der Waals surface area (Å²) in [5, 5.41) is 15.2. The normalized spacial score (nSPS) is 10.6. The standard InChI is InChI=1S/C22H24ClN5O3S/c1-4-28-19(12-24-21(30)15-6-9-17(31-3)10-7-15)26-27-22(28)32-13-20(29)25-18-11-16(23)8-5-14(18)2/h5-11H,4,12-13H2,1-3H3,(H,24,30)(H,25,29). The highest BCUT2D eigenvalue weighted by Crippen LogP contribution is 2.22. The molecule has 1 aromatic heterocycles. The van der Waals surface area contributed by atoms with Crippen LogP contribution >= 0.6 is 23.4 Å². The van der Waals surface area contributed by atoms with Gasteiger partial charge in [-0.25, -0.2) is 0 Å². The molecule has 0 unspecified atom stereocenters. The molecule has 2 aromatic carbocycles. The molecule has 0 fully saturated rings. The Hall–Kier alpha value is -3.04. The van der Waals surface area contributed by atoms with E-state index < -0.39 is 0 Å². The number of ether oxygens (including phenoxy) is 1. The van der Waals surface area contributed by atoms with Gasteiger partial charge in [0.05, 0.1) is 19.4 Å². The fraction of sp³-hybridized carbons (Fsp3) is 0.273. The molecule has 0 aliphatic rings. The summed E-state index contributed by atoms with van der Waals surface area (Å²) in [5.74, 6) is 1.08. The van der Waals surface area contributed by atoms with Crippen LogP contribution in [-0.2, 0) is 17.9 Å². The fourth-order valence-electron chi connectivity index (χ4n) is 2.92. The van der Waals surface area contributed by atoms with Crippen molar-refractivity contribution in [3.8, 4) is 5.75 Å². The van der Waals surface area contributed by atoms with Gasteiger partial charge in [-0.15, -0.1) is 10.2 Å². The molecule has 8 nitrogen and oxygen atoms in total. The Morgan fingerprint density at radius 3 is 2.59 bits per heavy atom. The van der Waals surface area contributed by atoms with E-state index in [1.165, 1.54) is 11.8 Å². The molecule has 0 aliphatic heterocycles. The van der Waals surface area contributed by atoms with Gasteiger partial charge in [0.1, 0.15) is 5.75 Å². The number of nitrogens with zero attached hydrogens (tertiary/aromatic N) is 3. The van der Waals surface area contributed by atoms with Crippen LogP contribution in [0.5, 0.6) is 5.75 Å². The molecule has 32 heavy (non-hydrogen) atoms. The van der Waals surface area contributed by atoms with Crippen LogP contribution in [0.1, 0.15) is 28.7 Å². The van der Waals surface area contributed by atoms with Crippen LogP contribution in [0, 0.1) is 6.92 Å². The molecule has 0 atom stereocenters. The zero-order valence-corrected chi connectivity index (χ0v) is 19.6. The third-order valence-corrected chi connectivity index (χ3v) is 5.88. The van der Waals surface area contributed by atoms with E-state index in [9.17, 15) is 9.59 Å². The zero-order valence-electron chi connectivity index (χ0n) is 18.0. The van der Waals surface area contributed by atoms with Crippen molar-refractivity contribution in [1.82, 2.24) is 20.1 Å². The lowest BCUT2D eigenvalue weighted by Gasteiger charge is -2.10. The third-order valence-electron chi connectivity index (χ3n) is 4.68. The minimum atomic E-state index is -0.219. The third kappa shape index (κ3) is 6.02. The average molecular weight is 474 g/mol. The number of amides is 2. The molecule has 10 heteroatoms. The van der Waals surface area contributed by atoms with Crippen molar-refractivity contribution in [2.75, 3.05) is 18.2 Å². The number of carbonyl (C=O) groups excluding carboxylic acids is 2. The summed E-state index contributed by atoms with van der Waals surface area (Å²) in [7, 11) is 1.57. The Labute approximate surface area is 195 Å². The highest BCUT2D eigenvalue weighted by Gasteiger charge is 2.15. The minimum Gasteiger partial charge on any atom is -0.497 e. The largest absolute Gasteiger partial charge is 0.497 e. The van der Waals surface area contributed by atoms with Crippen molar-refractivity contribution < 1.29 is 14.3 Å². The Kier molecular flexibility index (Phi) is 8.13. The van der Waals surface area contributed by atoms with Crippen LogP contribution in [0.15, 0.2) is 47.6 Å². The molecular weight excluding hydrogens is 450 g/mol. The predicted octanol–water partition coefficient (Wildman–Crippen LogP) is 3.93. The van der Waals surface area contributed by atoms with Gasteiger partial charge in [-0.05, 0) is 55.8 Å². The maximum atomic E-state index is 12.4. The number of aromatic nitrogens is 3. The van der Waals surface area contributed by atoms with Crippen LogP contribution in [0.2, 0.25) is 5.02 Å². The maximum absolute atomic E-state index is 12.4. The first-order chi connectivity index (χ1) is 15.4. The molecule has 1 heterocycles. The number of thioether (sulfide) groups is 1. The lowest BCUT2D eigenvalue weighted by Crippen LogP contribution is -2.24. The molecule has 168 valence electrons. The van der Waals surface area contributed by atoms with Gasteiger partial charge in [0.2, 0.25) is 5.91 Å². The second-order valence-electron chi connectivity index (χ2n) is 6.85. The van der Waals surface area contributed by atoms with E-state index in [-0.39, 0.29) is 24.1 Å². The number of carbonyl (C=O) groups is 2. The number of rotatable bonds is 9. The quantitative estimate of drug-likeness (QED) is 0.457. The van der Waals surface area contributed by atoms with Crippen LogP contribution in [-0.4, -0.2) is 39.4 Å². The molecule has 2 N–H and O–H groups in total. The van der Waals surface area contributed by atoms with Crippen molar-refractivity contribution >= 4 is 40.9 Å². The molecule has 0 spiro atoms. The van der Waals surface area contributed by atoms with Crippen LogP contribution < -0.4 is 15.4 Å². The smallest absolute Gasteiger partial charge is 0.251 e. The predicted molar refractivity (Wildman–Crippen MR) is 125 cm³/mol. The van der Waals surface area contributed by atoms with Crippen LogP contribution in [0.25, 0.3) is 0 Å². The van der Waals surface area contributed by atoms with Gasteiger partial charge in [-0.3, -0.25) is 9.59 Å². The number of methoxy groups -OCH3 is 1. The number of anilines is 1. The summed E-state index contributed by atoms with van der Waals surface area (Å²) in [5.41, 5.74) is 2.14. The number of benzene rings is 2. The van der Waals surface area contributed by atoms with Gasteiger partial charge in [0, 0.05) is 22.8 Å². The Bertz CT molecular complexity index is 1100. The molecule has 0 saturated heterocycles. The monoisotopic (exact) mass is 473 g/mol. The van der Waals surface area contributed by atoms with Crippen LogP contribution in [0.4, 0.5) is 5.69 Å². The Morgan fingerprint density at radius 2 is 1.91 bits per heavy atom. The van der Waals surface area contributed by atoms with E-state index >= 15 is 0 Å². The maximum Gasteiger partial charge on any atom is 0.251 e. The molecule has 3 aromatic rings. The van der Waals surface area contributed by atoms with E-state index in [2.05, 4.69) is 20.8 Å². The van der Waals surface area contributed by atoms with E-state index in [1.54, 1.807) is 43.5 Å². The van der Waals surface area contributed by atoms with Crippen LogP contribution in [0.3, 0.4) is 0 Å². The number of nitrogens with one attached hydrogen (secondary N) is 2. The molecule has 0 saturated carbocycles. The van der Waals surface area contributed by atoms with E-state index in [1.807, 2.05) is 24.5 Å². The molecule has 2 amide bonds. The zero-order chi connectivity index (χ0) is 23.1. The summed E-state index contributed by atoms with van der Waals surface area (Å²) in [6.45, 7) is 4.69. The number of halogens is 1. The molecule has 0 radical (unpaired) electrons. The number of aryl methyl sites for hydroxylation is 1. The first kappa shape index (κ1) is 23.6. The summed E-state index contributed by atoms with van der Waals surface area (Å²) in [4.78, 5) is 24.8. The molecule has 3 rings (SSSR count). The fourth-order valence-corrected chi connectivity index (χ4v) is 3.92. The van der Waals surface area contributed by atoms with Crippen molar-refractivity contribution in [2.24, 2.45) is 0 Å². The summed E-state index contributed by atoms with van der Waals surface area (Å²) < 4.78 is 6.98. The van der Waals surface area contributed by atoms with Crippen molar-refractivity contribution in [1.29, 1.82) is 0 Å². The highest BCUT2D eigenvalue weighted by atomic mass is 35.5. The van der Waals surface area contributed by atoms with Gasteiger partial charge in [-0.2, -0.15) is 0 Å². The van der Waals surface area contributed by atoms with E-state index in [4.69, 9.17) is 16.3 Å². The lowest BCUT2D eigenvalue weighted by atomic mass is 10.2. The van der Waals surface area contributed by atoms with Crippen molar-refractivity contribution in [3.05, 3.63) is 64.4 Å².